The minimum atomic E-state index is 1.31. The molecule has 4 rings (SSSR count). The van der Waals surface area contributed by atoms with E-state index in [4.69, 9.17) is 0 Å². The van der Waals surface area contributed by atoms with Crippen molar-refractivity contribution in [1.82, 2.24) is 0 Å². The van der Waals surface area contributed by atoms with Crippen LogP contribution >= 0.6 is 11.3 Å². The third-order valence-corrected chi connectivity index (χ3v) is 4.26. The summed E-state index contributed by atoms with van der Waals surface area (Å²) in [6, 6.07) is 21.8. The molecule has 0 amide bonds. The lowest BCUT2D eigenvalue weighted by Crippen LogP contribution is -1.83. The molecule has 0 aliphatic carbocycles. The predicted octanol–water partition coefficient (Wildman–Crippen LogP) is 5.72. The first kappa shape index (κ1) is 10.8. The number of benzene rings is 3. The van der Waals surface area contributed by atoms with Crippen molar-refractivity contribution in [2.75, 3.05) is 0 Å². The summed E-state index contributed by atoms with van der Waals surface area (Å²) in [7, 11) is 0. The lowest BCUT2D eigenvalue weighted by molar-refractivity contribution is 1.74. The second-order valence-electron chi connectivity index (χ2n) is 4.71. The van der Waals surface area contributed by atoms with E-state index in [1.54, 1.807) is 11.3 Å². The molecule has 0 bridgehead atoms. The molecule has 0 nitrogen and oxygen atoms in total. The van der Waals surface area contributed by atoms with Crippen molar-refractivity contribution in [1.29, 1.82) is 0 Å². The molecule has 1 aromatic heterocycles. The minimum Gasteiger partial charge on any atom is -0.152 e. The van der Waals surface area contributed by atoms with E-state index in [0.29, 0.717) is 0 Å². The molecule has 0 saturated heterocycles. The molecule has 0 saturated carbocycles. The lowest BCUT2D eigenvalue weighted by atomic mass is 9.93. The summed E-state index contributed by atoms with van der Waals surface area (Å²) in [6.07, 6.45) is 0. The van der Waals surface area contributed by atoms with Crippen LogP contribution in [0.4, 0.5) is 0 Å². The van der Waals surface area contributed by atoms with Gasteiger partial charge < -0.3 is 0 Å². The number of hydrogen-bond donors (Lipinski definition) is 0. The van der Waals surface area contributed by atoms with Crippen LogP contribution in [0.5, 0.6) is 0 Å². The maximum Gasteiger partial charge on any atom is -0.00143 e. The summed E-state index contributed by atoms with van der Waals surface area (Å²) < 4.78 is 0. The molecular formula is C18H12S. The zero-order chi connectivity index (χ0) is 12.7. The van der Waals surface area contributed by atoms with Gasteiger partial charge in [0.2, 0.25) is 0 Å². The first-order valence-corrected chi connectivity index (χ1v) is 7.31. The van der Waals surface area contributed by atoms with E-state index in [0.717, 1.165) is 0 Å². The van der Waals surface area contributed by atoms with Crippen LogP contribution in [0.1, 0.15) is 0 Å². The Labute approximate surface area is 115 Å². The van der Waals surface area contributed by atoms with E-state index in [1.807, 2.05) is 0 Å². The van der Waals surface area contributed by atoms with Crippen molar-refractivity contribution in [3.8, 4) is 11.1 Å². The van der Waals surface area contributed by atoms with E-state index < -0.39 is 0 Å². The van der Waals surface area contributed by atoms with Gasteiger partial charge >= 0.3 is 0 Å². The van der Waals surface area contributed by atoms with E-state index >= 15 is 0 Å². The number of rotatable bonds is 1. The average Bonchev–Trinajstić information content (AvgIpc) is 2.98. The molecule has 0 aliphatic rings. The first-order valence-electron chi connectivity index (χ1n) is 6.36. The molecule has 3 aromatic carbocycles. The molecule has 90 valence electrons. The third-order valence-electron chi connectivity index (χ3n) is 3.58. The second kappa shape index (κ2) is 4.22. The Morgan fingerprint density at radius 2 is 1.32 bits per heavy atom. The van der Waals surface area contributed by atoms with Crippen LogP contribution in [-0.4, -0.2) is 0 Å². The van der Waals surface area contributed by atoms with Crippen LogP contribution in [0.2, 0.25) is 0 Å². The standard InChI is InChI=1S/C18H12S/c1-3-7-16-13(5-1)11-14-6-2-4-8-17(14)18(16)15-9-10-19-12-15/h1-12H. The normalized spacial score (nSPS) is 11.2. The molecular weight excluding hydrogens is 248 g/mol. The van der Waals surface area contributed by atoms with Gasteiger partial charge in [0.1, 0.15) is 0 Å². The van der Waals surface area contributed by atoms with E-state index in [9.17, 15) is 0 Å². The second-order valence-corrected chi connectivity index (χ2v) is 5.49. The van der Waals surface area contributed by atoms with Gasteiger partial charge in [-0.2, -0.15) is 11.3 Å². The Balaban J connectivity index is 2.27. The van der Waals surface area contributed by atoms with Crippen LogP contribution < -0.4 is 0 Å². The number of hydrogen-bond acceptors (Lipinski definition) is 1. The quantitative estimate of drug-likeness (QED) is 0.384. The van der Waals surface area contributed by atoms with Gasteiger partial charge in [-0.15, -0.1) is 0 Å². The number of thiophene rings is 1. The van der Waals surface area contributed by atoms with E-state index in [-0.39, 0.29) is 0 Å². The molecule has 0 spiro atoms. The summed E-state index contributed by atoms with van der Waals surface area (Å²) >= 11 is 1.75. The molecule has 19 heavy (non-hydrogen) atoms. The van der Waals surface area contributed by atoms with Crippen molar-refractivity contribution < 1.29 is 0 Å². The number of fused-ring (bicyclic) bond motifs is 2. The van der Waals surface area contributed by atoms with Crippen molar-refractivity contribution >= 4 is 32.9 Å². The van der Waals surface area contributed by atoms with Crippen LogP contribution in [0.3, 0.4) is 0 Å². The van der Waals surface area contributed by atoms with Crippen molar-refractivity contribution in [3.63, 3.8) is 0 Å². The summed E-state index contributed by atoms with van der Waals surface area (Å²) in [5.41, 5.74) is 2.67. The smallest absolute Gasteiger partial charge is 0.00143 e. The van der Waals surface area contributed by atoms with Crippen LogP contribution in [0.15, 0.2) is 71.4 Å². The molecule has 0 unspecified atom stereocenters. The fourth-order valence-electron chi connectivity index (χ4n) is 2.73. The Bertz CT molecular complexity index is 803. The fraction of sp³-hybridized carbons (Fsp3) is 0. The van der Waals surface area contributed by atoms with Gasteiger partial charge in [-0.25, -0.2) is 0 Å². The Hall–Kier alpha value is -2.12. The summed E-state index contributed by atoms with van der Waals surface area (Å²) in [6.45, 7) is 0. The molecule has 0 radical (unpaired) electrons. The van der Waals surface area contributed by atoms with Gasteiger partial charge in [0, 0.05) is 0 Å². The highest BCUT2D eigenvalue weighted by Crippen LogP contribution is 2.36. The molecule has 1 heterocycles. The highest BCUT2D eigenvalue weighted by molar-refractivity contribution is 7.08. The summed E-state index contributed by atoms with van der Waals surface area (Å²) in [5, 5.41) is 9.66. The largest absolute Gasteiger partial charge is 0.152 e. The van der Waals surface area contributed by atoms with Crippen LogP contribution in [0.25, 0.3) is 32.7 Å². The Morgan fingerprint density at radius 3 is 1.89 bits per heavy atom. The van der Waals surface area contributed by atoms with Crippen molar-refractivity contribution in [2.24, 2.45) is 0 Å². The van der Waals surface area contributed by atoms with Gasteiger partial charge in [0.25, 0.3) is 0 Å². The van der Waals surface area contributed by atoms with Gasteiger partial charge in [-0.3, -0.25) is 0 Å². The molecule has 0 aliphatic heterocycles. The molecule has 0 N–H and O–H groups in total. The highest BCUT2D eigenvalue weighted by atomic mass is 32.1. The Morgan fingerprint density at radius 1 is 0.684 bits per heavy atom. The van der Waals surface area contributed by atoms with Crippen molar-refractivity contribution in [3.05, 3.63) is 71.4 Å². The monoisotopic (exact) mass is 260 g/mol. The lowest BCUT2D eigenvalue weighted by Gasteiger charge is -2.10. The van der Waals surface area contributed by atoms with Gasteiger partial charge in [-0.1, -0.05) is 48.5 Å². The average molecular weight is 260 g/mol. The minimum absolute atomic E-state index is 1.31. The van der Waals surface area contributed by atoms with Crippen molar-refractivity contribution in [2.45, 2.75) is 0 Å². The molecule has 1 heteroatoms. The molecule has 4 aromatic rings. The maximum atomic E-state index is 2.28. The zero-order valence-electron chi connectivity index (χ0n) is 10.3. The van der Waals surface area contributed by atoms with Gasteiger partial charge in [0.15, 0.2) is 0 Å². The fourth-order valence-corrected chi connectivity index (χ4v) is 3.38. The maximum absolute atomic E-state index is 2.28. The summed E-state index contributed by atoms with van der Waals surface area (Å²) in [5.74, 6) is 0. The van der Waals surface area contributed by atoms with E-state index in [2.05, 4.69) is 71.4 Å². The molecule has 0 fully saturated rings. The zero-order valence-corrected chi connectivity index (χ0v) is 11.2. The Kier molecular flexibility index (Phi) is 2.39. The predicted molar refractivity (Wildman–Crippen MR) is 84.8 cm³/mol. The van der Waals surface area contributed by atoms with Crippen LogP contribution in [0, 0.1) is 0 Å². The van der Waals surface area contributed by atoms with E-state index in [1.165, 1.54) is 32.7 Å². The topological polar surface area (TPSA) is 0 Å². The summed E-state index contributed by atoms with van der Waals surface area (Å²) in [4.78, 5) is 0. The first-order chi connectivity index (χ1) is 9.43. The third kappa shape index (κ3) is 1.66. The van der Waals surface area contributed by atoms with Crippen LogP contribution in [-0.2, 0) is 0 Å². The van der Waals surface area contributed by atoms with Gasteiger partial charge in [-0.05, 0) is 55.6 Å². The highest BCUT2D eigenvalue weighted by Gasteiger charge is 2.09. The van der Waals surface area contributed by atoms with Gasteiger partial charge in [0.05, 0.1) is 0 Å². The molecule has 0 atom stereocenters. The SMILES string of the molecule is c1ccc2c(-c3ccsc3)c3ccccc3cc2c1.